The van der Waals surface area contributed by atoms with E-state index in [4.69, 9.17) is 5.73 Å². The van der Waals surface area contributed by atoms with E-state index in [9.17, 15) is 4.79 Å². The zero-order valence-electron chi connectivity index (χ0n) is 11.5. The lowest BCUT2D eigenvalue weighted by Crippen LogP contribution is -2.43. The third-order valence-corrected chi connectivity index (χ3v) is 4.48. The molecule has 2 fully saturated rings. The lowest BCUT2D eigenvalue weighted by atomic mass is 9.86. The number of hydrogen-bond donors (Lipinski definition) is 2. The van der Waals surface area contributed by atoms with Crippen molar-refractivity contribution in [1.82, 2.24) is 10.2 Å². The molecule has 4 nitrogen and oxygen atoms in total. The first-order chi connectivity index (χ1) is 8.66. The summed E-state index contributed by atoms with van der Waals surface area (Å²) in [6.07, 6.45) is 6.54. The van der Waals surface area contributed by atoms with Crippen LogP contribution in [0.15, 0.2) is 0 Å². The molecule has 1 aliphatic carbocycles. The Kier molecular flexibility index (Phi) is 5.01. The van der Waals surface area contributed by atoms with Crippen LogP contribution in [0.1, 0.15) is 45.4 Å². The van der Waals surface area contributed by atoms with Crippen molar-refractivity contribution < 1.29 is 4.79 Å². The molecule has 0 radical (unpaired) electrons. The second-order valence-corrected chi connectivity index (χ2v) is 5.95. The molecule has 0 bridgehead atoms. The van der Waals surface area contributed by atoms with Crippen LogP contribution in [0.3, 0.4) is 0 Å². The summed E-state index contributed by atoms with van der Waals surface area (Å²) in [6, 6.07) is 0.792. The van der Waals surface area contributed by atoms with E-state index in [1.807, 2.05) is 0 Å². The van der Waals surface area contributed by atoms with Crippen LogP contribution in [0.25, 0.3) is 0 Å². The molecule has 3 N–H and O–H groups in total. The molecule has 104 valence electrons. The maximum Gasteiger partial charge on any atom is 0.223 e. The smallest absolute Gasteiger partial charge is 0.223 e. The maximum atomic E-state index is 12.1. The molecule has 0 aromatic carbocycles. The Hall–Kier alpha value is -0.610. The molecule has 0 aromatic rings. The Labute approximate surface area is 110 Å². The topological polar surface area (TPSA) is 58.4 Å². The van der Waals surface area contributed by atoms with Crippen molar-refractivity contribution in [1.29, 1.82) is 0 Å². The Balaban J connectivity index is 1.67. The van der Waals surface area contributed by atoms with Crippen molar-refractivity contribution in [2.75, 3.05) is 19.6 Å². The minimum Gasteiger partial charge on any atom is -0.354 e. The molecule has 0 spiro atoms. The first-order valence-corrected chi connectivity index (χ1v) is 7.44. The predicted molar refractivity (Wildman–Crippen MR) is 73.2 cm³/mol. The summed E-state index contributed by atoms with van der Waals surface area (Å²) >= 11 is 0. The van der Waals surface area contributed by atoms with Crippen molar-refractivity contribution in [2.45, 2.75) is 57.5 Å². The number of hydrogen-bond acceptors (Lipinski definition) is 3. The van der Waals surface area contributed by atoms with Crippen LogP contribution in [-0.4, -0.2) is 42.5 Å². The minimum absolute atomic E-state index is 0.204. The van der Waals surface area contributed by atoms with Gasteiger partial charge in [0.25, 0.3) is 0 Å². The highest BCUT2D eigenvalue weighted by Gasteiger charge is 2.25. The largest absolute Gasteiger partial charge is 0.354 e. The predicted octanol–water partition coefficient (Wildman–Crippen LogP) is 1.10. The van der Waals surface area contributed by atoms with E-state index >= 15 is 0 Å². The number of likely N-dealkylation sites (tertiary alicyclic amines) is 1. The number of rotatable bonds is 4. The van der Waals surface area contributed by atoms with Crippen molar-refractivity contribution in [2.24, 2.45) is 11.7 Å². The summed E-state index contributed by atoms with van der Waals surface area (Å²) in [6.45, 7) is 5.38. The van der Waals surface area contributed by atoms with Crippen LogP contribution in [-0.2, 0) is 4.79 Å². The Morgan fingerprint density at radius 2 is 1.89 bits per heavy atom. The monoisotopic (exact) mass is 253 g/mol. The van der Waals surface area contributed by atoms with Gasteiger partial charge in [0.15, 0.2) is 0 Å². The zero-order valence-corrected chi connectivity index (χ0v) is 11.5. The van der Waals surface area contributed by atoms with Crippen LogP contribution in [0.5, 0.6) is 0 Å². The van der Waals surface area contributed by atoms with E-state index in [1.54, 1.807) is 0 Å². The minimum atomic E-state index is 0.204. The van der Waals surface area contributed by atoms with Crippen LogP contribution < -0.4 is 11.1 Å². The number of nitrogens with two attached hydrogens (primary N) is 1. The third kappa shape index (κ3) is 3.69. The molecule has 2 rings (SSSR count). The fourth-order valence-corrected chi connectivity index (χ4v) is 3.09. The first-order valence-electron chi connectivity index (χ1n) is 7.44. The SMILES string of the molecule is CC(CNC(=O)C1CCC(N)CC1)N1CCCC1. The maximum absolute atomic E-state index is 12.1. The molecule has 1 heterocycles. The van der Waals surface area contributed by atoms with E-state index < -0.39 is 0 Å². The number of amides is 1. The summed E-state index contributed by atoms with van der Waals surface area (Å²) < 4.78 is 0. The molecule has 1 atom stereocenters. The van der Waals surface area contributed by atoms with Crippen LogP contribution in [0.4, 0.5) is 0 Å². The van der Waals surface area contributed by atoms with Crippen LogP contribution in [0.2, 0.25) is 0 Å². The van der Waals surface area contributed by atoms with Crippen molar-refractivity contribution in [3.8, 4) is 0 Å². The van der Waals surface area contributed by atoms with Gasteiger partial charge in [-0.2, -0.15) is 0 Å². The second-order valence-electron chi connectivity index (χ2n) is 5.95. The summed E-state index contributed by atoms with van der Waals surface area (Å²) in [7, 11) is 0. The molecule has 18 heavy (non-hydrogen) atoms. The summed E-state index contributed by atoms with van der Waals surface area (Å²) in [5.74, 6) is 0.448. The van der Waals surface area contributed by atoms with Gasteiger partial charge >= 0.3 is 0 Å². The fourth-order valence-electron chi connectivity index (χ4n) is 3.09. The number of nitrogens with zero attached hydrogens (tertiary/aromatic N) is 1. The first kappa shape index (κ1) is 13.8. The molecule has 1 saturated carbocycles. The highest BCUT2D eigenvalue weighted by Crippen LogP contribution is 2.23. The van der Waals surface area contributed by atoms with Gasteiger partial charge in [0.1, 0.15) is 0 Å². The normalized spacial score (nSPS) is 31.2. The van der Waals surface area contributed by atoms with Gasteiger partial charge in [-0.1, -0.05) is 0 Å². The number of carbonyl (C=O) groups excluding carboxylic acids is 1. The molecular formula is C14H27N3O. The Morgan fingerprint density at radius 3 is 2.50 bits per heavy atom. The quantitative estimate of drug-likeness (QED) is 0.789. The molecule has 1 aliphatic heterocycles. The summed E-state index contributed by atoms with van der Waals surface area (Å²) in [5, 5.41) is 3.12. The number of carbonyl (C=O) groups is 1. The lowest BCUT2D eigenvalue weighted by molar-refractivity contribution is -0.126. The van der Waals surface area contributed by atoms with E-state index in [1.165, 1.54) is 25.9 Å². The van der Waals surface area contributed by atoms with Gasteiger partial charge in [-0.15, -0.1) is 0 Å². The van der Waals surface area contributed by atoms with E-state index in [0.717, 1.165) is 32.2 Å². The van der Waals surface area contributed by atoms with Gasteiger partial charge in [-0.25, -0.2) is 0 Å². The average Bonchev–Trinajstić information content (AvgIpc) is 2.90. The van der Waals surface area contributed by atoms with Crippen molar-refractivity contribution in [3.63, 3.8) is 0 Å². The molecule has 4 heteroatoms. The average molecular weight is 253 g/mol. The summed E-state index contributed by atoms with van der Waals surface area (Å²) in [5.41, 5.74) is 5.86. The highest BCUT2D eigenvalue weighted by atomic mass is 16.1. The molecule has 1 unspecified atom stereocenters. The van der Waals surface area contributed by atoms with Gasteiger partial charge < -0.3 is 11.1 Å². The van der Waals surface area contributed by atoms with Gasteiger partial charge in [0.05, 0.1) is 0 Å². The van der Waals surface area contributed by atoms with Gasteiger partial charge in [-0.05, 0) is 58.5 Å². The zero-order chi connectivity index (χ0) is 13.0. The third-order valence-electron chi connectivity index (χ3n) is 4.48. The van der Waals surface area contributed by atoms with Gasteiger partial charge in [0.2, 0.25) is 5.91 Å². The van der Waals surface area contributed by atoms with E-state index in [-0.39, 0.29) is 11.8 Å². The van der Waals surface area contributed by atoms with Crippen LogP contribution in [0, 0.1) is 5.92 Å². The Morgan fingerprint density at radius 1 is 1.28 bits per heavy atom. The van der Waals surface area contributed by atoms with Gasteiger partial charge in [0, 0.05) is 24.5 Å². The Bertz CT molecular complexity index is 268. The van der Waals surface area contributed by atoms with E-state index in [0.29, 0.717) is 12.1 Å². The van der Waals surface area contributed by atoms with Crippen molar-refractivity contribution in [3.05, 3.63) is 0 Å². The van der Waals surface area contributed by atoms with Gasteiger partial charge in [-0.3, -0.25) is 9.69 Å². The molecule has 1 saturated heterocycles. The van der Waals surface area contributed by atoms with E-state index in [2.05, 4.69) is 17.1 Å². The molecular weight excluding hydrogens is 226 g/mol. The second kappa shape index (κ2) is 6.53. The lowest BCUT2D eigenvalue weighted by Gasteiger charge is -2.27. The molecule has 1 amide bonds. The summed E-state index contributed by atoms with van der Waals surface area (Å²) in [4.78, 5) is 14.5. The fraction of sp³-hybridized carbons (Fsp3) is 0.929. The standard InChI is InChI=1S/C14H27N3O/c1-11(17-8-2-3-9-17)10-16-14(18)12-4-6-13(15)7-5-12/h11-13H,2-10,15H2,1H3,(H,16,18). The van der Waals surface area contributed by atoms with Crippen LogP contribution >= 0.6 is 0 Å². The highest BCUT2D eigenvalue weighted by molar-refractivity contribution is 5.78. The van der Waals surface area contributed by atoms with Crippen molar-refractivity contribution >= 4 is 5.91 Å². The molecule has 2 aliphatic rings. The number of nitrogens with one attached hydrogen (secondary N) is 1. The molecule has 0 aromatic heterocycles.